The summed E-state index contributed by atoms with van der Waals surface area (Å²) in [5.74, 6) is -0.0758. The lowest BCUT2D eigenvalue weighted by Gasteiger charge is -2.10. The molecule has 1 aromatic carbocycles. The monoisotopic (exact) mass is 251 g/mol. The zero-order valence-corrected chi connectivity index (χ0v) is 10.3. The average molecular weight is 251 g/mol. The SMILES string of the molecule is N#Cc1ccc(F)cc1CS(=O)C1CCCC1. The van der Waals surface area contributed by atoms with Gasteiger partial charge < -0.3 is 0 Å². The molecule has 1 fully saturated rings. The molecule has 0 N–H and O–H groups in total. The fraction of sp³-hybridized carbons (Fsp3) is 0.462. The lowest BCUT2D eigenvalue weighted by atomic mass is 10.1. The maximum atomic E-state index is 13.1. The molecule has 90 valence electrons. The van der Waals surface area contributed by atoms with E-state index < -0.39 is 10.8 Å². The van der Waals surface area contributed by atoms with E-state index in [1.807, 2.05) is 6.07 Å². The lowest BCUT2D eigenvalue weighted by molar-refractivity contribution is 0.626. The predicted molar refractivity (Wildman–Crippen MR) is 65.2 cm³/mol. The van der Waals surface area contributed by atoms with Crippen LogP contribution >= 0.6 is 0 Å². The zero-order chi connectivity index (χ0) is 12.3. The van der Waals surface area contributed by atoms with Gasteiger partial charge in [0.1, 0.15) is 5.82 Å². The lowest BCUT2D eigenvalue weighted by Crippen LogP contribution is -2.13. The van der Waals surface area contributed by atoms with Crippen molar-refractivity contribution in [2.45, 2.75) is 36.7 Å². The number of benzene rings is 1. The fourth-order valence-corrected chi connectivity index (χ4v) is 3.85. The summed E-state index contributed by atoms with van der Waals surface area (Å²) in [4.78, 5) is 0. The third kappa shape index (κ3) is 2.92. The van der Waals surface area contributed by atoms with E-state index in [1.165, 1.54) is 18.2 Å². The second-order valence-electron chi connectivity index (χ2n) is 4.34. The van der Waals surface area contributed by atoms with Crippen LogP contribution in [0.5, 0.6) is 0 Å². The molecule has 0 amide bonds. The summed E-state index contributed by atoms with van der Waals surface area (Å²) in [6.45, 7) is 0. The van der Waals surface area contributed by atoms with Gasteiger partial charge >= 0.3 is 0 Å². The van der Waals surface area contributed by atoms with Crippen LogP contribution in [0.4, 0.5) is 4.39 Å². The van der Waals surface area contributed by atoms with E-state index in [0.29, 0.717) is 16.9 Å². The Morgan fingerprint density at radius 3 is 2.76 bits per heavy atom. The Kier molecular flexibility index (Phi) is 3.90. The van der Waals surface area contributed by atoms with Gasteiger partial charge in [0.15, 0.2) is 0 Å². The summed E-state index contributed by atoms with van der Waals surface area (Å²) in [5, 5.41) is 9.14. The Morgan fingerprint density at radius 2 is 2.12 bits per heavy atom. The van der Waals surface area contributed by atoms with Gasteiger partial charge in [-0.15, -0.1) is 0 Å². The molecule has 4 heteroatoms. The van der Waals surface area contributed by atoms with Crippen molar-refractivity contribution in [3.05, 3.63) is 35.1 Å². The van der Waals surface area contributed by atoms with E-state index in [-0.39, 0.29) is 11.1 Å². The van der Waals surface area contributed by atoms with Crippen LogP contribution in [-0.2, 0) is 16.6 Å². The minimum atomic E-state index is -0.984. The molecule has 0 radical (unpaired) electrons. The quantitative estimate of drug-likeness (QED) is 0.828. The Balaban J connectivity index is 2.15. The van der Waals surface area contributed by atoms with E-state index in [2.05, 4.69) is 0 Å². The molecule has 1 aliphatic rings. The first-order valence-electron chi connectivity index (χ1n) is 5.76. The average Bonchev–Trinajstić information content (AvgIpc) is 2.83. The van der Waals surface area contributed by atoms with Crippen LogP contribution < -0.4 is 0 Å². The van der Waals surface area contributed by atoms with Crippen LogP contribution in [0, 0.1) is 17.1 Å². The highest BCUT2D eigenvalue weighted by Crippen LogP contribution is 2.25. The van der Waals surface area contributed by atoms with Gasteiger partial charge in [-0.1, -0.05) is 12.8 Å². The summed E-state index contributed by atoms with van der Waals surface area (Å²) in [6, 6.07) is 6.06. The maximum Gasteiger partial charge on any atom is 0.123 e. The van der Waals surface area contributed by atoms with Gasteiger partial charge in [0, 0.05) is 16.0 Å². The molecule has 2 nitrogen and oxygen atoms in total. The summed E-state index contributed by atoms with van der Waals surface area (Å²) in [5.41, 5.74) is 0.996. The molecule has 0 bridgehead atoms. The van der Waals surface area contributed by atoms with E-state index >= 15 is 0 Å². The van der Waals surface area contributed by atoms with Crippen molar-refractivity contribution in [3.8, 4) is 6.07 Å². The van der Waals surface area contributed by atoms with Crippen LogP contribution in [0.3, 0.4) is 0 Å². The molecule has 0 saturated heterocycles. The van der Waals surface area contributed by atoms with Crippen molar-refractivity contribution in [2.24, 2.45) is 0 Å². The number of nitrogens with zero attached hydrogens (tertiary/aromatic N) is 1. The number of rotatable bonds is 3. The molecule has 0 heterocycles. The molecular formula is C13H14FNOS. The second kappa shape index (κ2) is 5.42. The van der Waals surface area contributed by atoms with Crippen molar-refractivity contribution >= 4 is 10.8 Å². The fourth-order valence-electron chi connectivity index (χ4n) is 2.21. The zero-order valence-electron chi connectivity index (χ0n) is 9.49. The van der Waals surface area contributed by atoms with E-state index in [9.17, 15) is 8.60 Å². The molecule has 0 aliphatic heterocycles. The largest absolute Gasteiger partial charge is 0.259 e. The first kappa shape index (κ1) is 12.3. The van der Waals surface area contributed by atoms with Crippen LogP contribution in [0.1, 0.15) is 36.8 Å². The molecule has 17 heavy (non-hydrogen) atoms. The first-order chi connectivity index (χ1) is 8.20. The molecular weight excluding hydrogens is 237 g/mol. The number of hydrogen-bond acceptors (Lipinski definition) is 2. The van der Waals surface area contributed by atoms with Crippen LogP contribution in [0.2, 0.25) is 0 Å². The van der Waals surface area contributed by atoms with Crippen molar-refractivity contribution < 1.29 is 8.60 Å². The molecule has 1 aromatic rings. The van der Waals surface area contributed by atoms with Gasteiger partial charge in [0.25, 0.3) is 0 Å². The topological polar surface area (TPSA) is 40.9 Å². The number of halogens is 1. The van der Waals surface area contributed by atoms with Gasteiger partial charge in [0.2, 0.25) is 0 Å². The molecule has 0 spiro atoms. The number of nitriles is 1. The standard InChI is InChI=1S/C13H14FNOS/c14-12-6-5-10(8-15)11(7-12)9-17(16)13-3-1-2-4-13/h5-7,13H,1-4,9H2. The Labute approximate surface area is 103 Å². The van der Waals surface area contributed by atoms with Crippen molar-refractivity contribution in [3.63, 3.8) is 0 Å². The Morgan fingerprint density at radius 1 is 1.41 bits per heavy atom. The third-order valence-corrected chi connectivity index (χ3v) is 4.97. The minimum Gasteiger partial charge on any atom is -0.259 e. The Bertz CT molecular complexity index is 475. The molecule has 1 unspecified atom stereocenters. The highest BCUT2D eigenvalue weighted by molar-refractivity contribution is 7.84. The Hall–Kier alpha value is -1.21. The summed E-state index contributed by atoms with van der Waals surface area (Å²) in [6.07, 6.45) is 4.24. The van der Waals surface area contributed by atoms with Gasteiger partial charge in [-0.3, -0.25) is 4.21 Å². The van der Waals surface area contributed by atoms with E-state index in [0.717, 1.165) is 25.7 Å². The molecule has 1 atom stereocenters. The first-order valence-corrected chi connectivity index (χ1v) is 7.14. The van der Waals surface area contributed by atoms with Crippen molar-refractivity contribution in [1.29, 1.82) is 5.26 Å². The van der Waals surface area contributed by atoms with Gasteiger partial charge in [-0.05, 0) is 36.6 Å². The van der Waals surface area contributed by atoms with Gasteiger partial charge in [-0.2, -0.15) is 5.26 Å². The second-order valence-corrected chi connectivity index (χ2v) is 6.06. The van der Waals surface area contributed by atoms with Crippen LogP contribution in [0.25, 0.3) is 0 Å². The summed E-state index contributed by atoms with van der Waals surface area (Å²) >= 11 is 0. The highest BCUT2D eigenvalue weighted by atomic mass is 32.2. The maximum absolute atomic E-state index is 13.1. The molecule has 1 aliphatic carbocycles. The van der Waals surface area contributed by atoms with Crippen LogP contribution in [-0.4, -0.2) is 9.46 Å². The summed E-state index contributed by atoms with van der Waals surface area (Å²) < 4.78 is 25.2. The summed E-state index contributed by atoms with van der Waals surface area (Å²) in [7, 11) is -0.984. The highest BCUT2D eigenvalue weighted by Gasteiger charge is 2.22. The van der Waals surface area contributed by atoms with Gasteiger partial charge in [-0.25, -0.2) is 4.39 Å². The van der Waals surface area contributed by atoms with E-state index in [4.69, 9.17) is 5.26 Å². The molecule has 1 saturated carbocycles. The number of hydrogen-bond donors (Lipinski definition) is 0. The third-order valence-electron chi connectivity index (χ3n) is 3.16. The molecule has 2 rings (SSSR count). The van der Waals surface area contributed by atoms with Crippen LogP contribution in [0.15, 0.2) is 18.2 Å². The predicted octanol–water partition coefficient (Wildman–Crippen LogP) is 2.89. The van der Waals surface area contributed by atoms with Crippen molar-refractivity contribution in [2.75, 3.05) is 0 Å². The smallest absolute Gasteiger partial charge is 0.123 e. The van der Waals surface area contributed by atoms with E-state index in [1.54, 1.807) is 0 Å². The van der Waals surface area contributed by atoms with Crippen molar-refractivity contribution in [1.82, 2.24) is 0 Å². The van der Waals surface area contributed by atoms with Gasteiger partial charge in [0.05, 0.1) is 17.4 Å². The minimum absolute atomic E-state index is 0.227. The normalized spacial score (nSPS) is 17.9. The molecule has 0 aromatic heterocycles.